The quantitative estimate of drug-likeness (QED) is 0.599. The van der Waals surface area contributed by atoms with Gasteiger partial charge in [-0.3, -0.25) is 9.78 Å². The lowest BCUT2D eigenvalue weighted by atomic mass is 10.1. The van der Waals surface area contributed by atoms with Crippen molar-refractivity contribution in [2.24, 2.45) is 0 Å². The molecule has 4 aromatic rings. The maximum Gasteiger partial charge on any atom is 0.267 e. The van der Waals surface area contributed by atoms with Crippen LogP contribution in [0, 0.1) is 13.8 Å². The number of thiophene rings is 1. The molecule has 6 heteroatoms. The van der Waals surface area contributed by atoms with Gasteiger partial charge < -0.3 is 9.88 Å². The number of aromatic nitrogens is 3. The summed E-state index contributed by atoms with van der Waals surface area (Å²) < 4.78 is 1.98. The number of hydrogen-bond donors (Lipinski definition) is 1. The highest BCUT2D eigenvalue weighted by molar-refractivity contribution is 7.21. The smallest absolute Gasteiger partial charge is 0.267 e. The zero-order valence-corrected chi connectivity index (χ0v) is 14.7. The molecule has 4 heterocycles. The average Bonchev–Trinajstić information content (AvgIpc) is 3.22. The van der Waals surface area contributed by atoms with Crippen molar-refractivity contribution >= 4 is 33.1 Å². The number of aryl methyl sites for hydroxylation is 2. The van der Waals surface area contributed by atoms with Gasteiger partial charge in [0.2, 0.25) is 0 Å². The molecule has 0 aromatic carbocycles. The SMILES string of the molecule is Cc1cc(C)c2c(-n3cccc3)c(C(=O)Nc3ccncc3)sc2n1. The number of amides is 1. The van der Waals surface area contributed by atoms with Gasteiger partial charge in [0.05, 0.1) is 5.69 Å². The first kappa shape index (κ1) is 15.5. The maximum absolute atomic E-state index is 12.9. The second-order valence-electron chi connectivity index (χ2n) is 5.82. The van der Waals surface area contributed by atoms with Gasteiger partial charge >= 0.3 is 0 Å². The minimum Gasteiger partial charge on any atom is -0.322 e. The van der Waals surface area contributed by atoms with E-state index in [1.54, 1.807) is 24.5 Å². The number of anilines is 1. The van der Waals surface area contributed by atoms with E-state index in [1.165, 1.54) is 11.3 Å². The normalized spacial score (nSPS) is 11.0. The van der Waals surface area contributed by atoms with Gasteiger partial charge in [0.25, 0.3) is 5.91 Å². The van der Waals surface area contributed by atoms with Crippen LogP contribution in [-0.4, -0.2) is 20.4 Å². The number of pyridine rings is 2. The van der Waals surface area contributed by atoms with Crippen LogP contribution in [-0.2, 0) is 0 Å². The van der Waals surface area contributed by atoms with E-state index in [1.807, 2.05) is 42.1 Å². The average molecular weight is 348 g/mol. The summed E-state index contributed by atoms with van der Waals surface area (Å²) in [5.41, 5.74) is 3.66. The Morgan fingerprint density at radius 3 is 2.60 bits per heavy atom. The Labute approximate surface area is 149 Å². The van der Waals surface area contributed by atoms with Crippen molar-refractivity contribution in [1.29, 1.82) is 0 Å². The zero-order chi connectivity index (χ0) is 17.4. The fourth-order valence-electron chi connectivity index (χ4n) is 2.93. The van der Waals surface area contributed by atoms with Crippen molar-refractivity contribution in [3.63, 3.8) is 0 Å². The van der Waals surface area contributed by atoms with Crippen LogP contribution < -0.4 is 5.32 Å². The zero-order valence-electron chi connectivity index (χ0n) is 13.9. The topological polar surface area (TPSA) is 59.8 Å². The summed E-state index contributed by atoms with van der Waals surface area (Å²) in [4.78, 5) is 23.1. The van der Waals surface area contributed by atoms with E-state index >= 15 is 0 Å². The molecule has 0 aliphatic heterocycles. The molecule has 0 aliphatic carbocycles. The molecular weight excluding hydrogens is 332 g/mol. The molecule has 0 fully saturated rings. The molecule has 0 radical (unpaired) electrons. The molecule has 1 N–H and O–H groups in total. The Hall–Kier alpha value is -2.99. The van der Waals surface area contributed by atoms with E-state index in [-0.39, 0.29) is 5.91 Å². The molecule has 0 atom stereocenters. The molecule has 25 heavy (non-hydrogen) atoms. The van der Waals surface area contributed by atoms with Gasteiger partial charge in [-0.25, -0.2) is 4.98 Å². The van der Waals surface area contributed by atoms with Crippen molar-refractivity contribution in [2.75, 3.05) is 5.32 Å². The Balaban J connectivity index is 1.89. The second-order valence-corrected chi connectivity index (χ2v) is 6.82. The Bertz CT molecular complexity index is 1050. The summed E-state index contributed by atoms with van der Waals surface area (Å²) in [7, 11) is 0. The van der Waals surface area contributed by atoms with Crippen LogP contribution in [0.1, 0.15) is 20.9 Å². The molecule has 1 amide bonds. The Morgan fingerprint density at radius 1 is 1.16 bits per heavy atom. The molecule has 0 unspecified atom stereocenters. The molecule has 0 aliphatic rings. The van der Waals surface area contributed by atoms with Gasteiger partial charge in [-0.15, -0.1) is 11.3 Å². The Kier molecular flexibility index (Phi) is 3.82. The number of nitrogens with one attached hydrogen (secondary N) is 1. The molecule has 4 aromatic heterocycles. The van der Waals surface area contributed by atoms with Gasteiger partial charge in [0.15, 0.2) is 0 Å². The van der Waals surface area contributed by atoms with Crippen LogP contribution in [0.25, 0.3) is 15.9 Å². The highest BCUT2D eigenvalue weighted by Crippen LogP contribution is 2.36. The summed E-state index contributed by atoms with van der Waals surface area (Å²) in [6, 6.07) is 9.49. The van der Waals surface area contributed by atoms with Gasteiger partial charge in [-0.2, -0.15) is 0 Å². The van der Waals surface area contributed by atoms with Gasteiger partial charge in [-0.05, 0) is 49.7 Å². The number of rotatable bonds is 3. The minimum absolute atomic E-state index is 0.144. The molecular formula is C19H16N4OS. The predicted octanol–water partition coefficient (Wildman–Crippen LogP) is 4.35. The highest BCUT2D eigenvalue weighted by Gasteiger charge is 2.22. The van der Waals surface area contributed by atoms with Crippen LogP contribution in [0.2, 0.25) is 0 Å². The summed E-state index contributed by atoms with van der Waals surface area (Å²) in [6.45, 7) is 4.03. The van der Waals surface area contributed by atoms with Crippen LogP contribution in [0.3, 0.4) is 0 Å². The first-order valence-corrected chi connectivity index (χ1v) is 8.70. The summed E-state index contributed by atoms with van der Waals surface area (Å²) in [5, 5.41) is 3.97. The predicted molar refractivity (Wildman–Crippen MR) is 101 cm³/mol. The van der Waals surface area contributed by atoms with E-state index in [0.717, 1.165) is 32.8 Å². The summed E-state index contributed by atoms with van der Waals surface area (Å²) in [6.07, 6.45) is 7.21. The largest absolute Gasteiger partial charge is 0.322 e. The van der Waals surface area contributed by atoms with E-state index < -0.39 is 0 Å². The van der Waals surface area contributed by atoms with Crippen LogP contribution in [0.15, 0.2) is 55.1 Å². The summed E-state index contributed by atoms with van der Waals surface area (Å²) in [5.74, 6) is -0.144. The number of fused-ring (bicyclic) bond motifs is 1. The van der Waals surface area contributed by atoms with Crippen molar-refractivity contribution < 1.29 is 4.79 Å². The summed E-state index contributed by atoms with van der Waals surface area (Å²) >= 11 is 1.42. The van der Waals surface area contributed by atoms with Crippen molar-refractivity contribution in [2.45, 2.75) is 13.8 Å². The maximum atomic E-state index is 12.9. The lowest BCUT2D eigenvalue weighted by molar-refractivity contribution is 0.103. The molecule has 4 rings (SSSR count). The standard InChI is InChI=1S/C19H16N4OS/c1-12-11-13(2)21-19-15(12)16(23-9-3-4-10-23)17(25-19)18(24)22-14-5-7-20-8-6-14/h3-11H,1-2H3,(H,20,22,24). The molecule has 0 saturated carbocycles. The highest BCUT2D eigenvalue weighted by atomic mass is 32.1. The third-order valence-electron chi connectivity index (χ3n) is 3.97. The Morgan fingerprint density at radius 2 is 1.88 bits per heavy atom. The monoisotopic (exact) mass is 348 g/mol. The van der Waals surface area contributed by atoms with Crippen LogP contribution >= 0.6 is 11.3 Å². The van der Waals surface area contributed by atoms with E-state index in [2.05, 4.69) is 22.2 Å². The number of carbonyl (C=O) groups excluding carboxylic acids is 1. The number of carbonyl (C=O) groups is 1. The molecule has 0 saturated heterocycles. The lowest BCUT2D eigenvalue weighted by Gasteiger charge is -2.08. The van der Waals surface area contributed by atoms with Crippen molar-refractivity contribution in [3.05, 3.63) is 71.3 Å². The van der Waals surface area contributed by atoms with Crippen molar-refractivity contribution in [3.8, 4) is 5.69 Å². The fourth-order valence-corrected chi connectivity index (χ4v) is 4.12. The number of hydrogen-bond acceptors (Lipinski definition) is 4. The first-order chi connectivity index (χ1) is 12.1. The molecule has 0 spiro atoms. The van der Waals surface area contributed by atoms with Crippen molar-refractivity contribution in [1.82, 2.24) is 14.5 Å². The first-order valence-electron chi connectivity index (χ1n) is 7.89. The fraction of sp³-hybridized carbons (Fsp3) is 0.105. The second kappa shape index (κ2) is 6.14. The third-order valence-corrected chi connectivity index (χ3v) is 5.04. The van der Waals surface area contributed by atoms with E-state index in [0.29, 0.717) is 4.88 Å². The van der Waals surface area contributed by atoms with E-state index in [4.69, 9.17) is 0 Å². The lowest BCUT2D eigenvalue weighted by Crippen LogP contribution is -2.12. The van der Waals surface area contributed by atoms with Gasteiger partial charge in [0.1, 0.15) is 9.71 Å². The van der Waals surface area contributed by atoms with Gasteiger partial charge in [0, 0.05) is 41.6 Å². The number of nitrogens with zero attached hydrogens (tertiary/aromatic N) is 3. The molecule has 0 bridgehead atoms. The van der Waals surface area contributed by atoms with Crippen LogP contribution in [0.5, 0.6) is 0 Å². The minimum atomic E-state index is -0.144. The molecule has 124 valence electrons. The van der Waals surface area contributed by atoms with E-state index in [9.17, 15) is 4.79 Å². The molecule has 5 nitrogen and oxygen atoms in total. The van der Waals surface area contributed by atoms with Crippen LogP contribution in [0.4, 0.5) is 5.69 Å². The third kappa shape index (κ3) is 2.81. The van der Waals surface area contributed by atoms with Gasteiger partial charge in [-0.1, -0.05) is 0 Å².